The monoisotopic (exact) mass is 1050 g/mol. The summed E-state index contributed by atoms with van der Waals surface area (Å²) in [5.41, 5.74) is 0. The van der Waals surface area contributed by atoms with E-state index in [-0.39, 0.29) is 31.6 Å². The third-order valence-corrected chi connectivity index (χ3v) is 13.5. The Hall–Kier alpha value is -3.93. The van der Waals surface area contributed by atoms with Crippen LogP contribution in [0.15, 0.2) is 109 Å². The van der Waals surface area contributed by atoms with Gasteiger partial charge in [0.25, 0.3) is 0 Å². The average Bonchev–Trinajstić information content (AvgIpc) is 3.42. The molecule has 0 aromatic carbocycles. The molecule has 0 heterocycles. The van der Waals surface area contributed by atoms with Crippen LogP contribution in [0.1, 0.15) is 297 Å². The molecule has 0 saturated carbocycles. The van der Waals surface area contributed by atoms with Crippen molar-refractivity contribution in [3.63, 3.8) is 0 Å². The van der Waals surface area contributed by atoms with E-state index in [0.717, 1.165) is 96.3 Å². The molecular weight excluding hydrogens is 937 g/mol. The topological polar surface area (TPSA) is 78.9 Å². The van der Waals surface area contributed by atoms with Crippen molar-refractivity contribution in [3.8, 4) is 0 Å². The Morgan fingerprint density at radius 2 is 0.553 bits per heavy atom. The van der Waals surface area contributed by atoms with E-state index >= 15 is 0 Å². The molecule has 0 spiro atoms. The largest absolute Gasteiger partial charge is 0.462 e. The molecule has 0 bridgehead atoms. The number of rotatable bonds is 57. The minimum Gasteiger partial charge on any atom is -0.462 e. The summed E-state index contributed by atoms with van der Waals surface area (Å²) in [6, 6.07) is 0. The van der Waals surface area contributed by atoms with Gasteiger partial charge in [0.05, 0.1) is 6.42 Å². The SMILES string of the molecule is CC/C=C\C/C=C\C/C=C\C/C=C\C/C=C\CC(=O)OC(COC(=O)CCCCCCC/C=C\CCCCC)COC(=O)CCCCCCCCCCCCCCCCCC/C=C\C/C=C\C/C=C\CCCCCCC. The molecule has 76 heavy (non-hydrogen) atoms. The van der Waals surface area contributed by atoms with Gasteiger partial charge in [0.2, 0.25) is 0 Å². The zero-order chi connectivity index (χ0) is 55.0. The number of hydrogen-bond acceptors (Lipinski definition) is 6. The van der Waals surface area contributed by atoms with E-state index in [1.165, 1.54) is 161 Å². The van der Waals surface area contributed by atoms with Crippen LogP contribution >= 0.6 is 0 Å². The first-order valence-corrected chi connectivity index (χ1v) is 31.9. The molecule has 0 N–H and O–H groups in total. The first-order chi connectivity index (χ1) is 37.5. The highest BCUT2D eigenvalue weighted by molar-refractivity contribution is 5.72. The number of esters is 3. The number of carbonyl (C=O) groups is 3. The van der Waals surface area contributed by atoms with Crippen LogP contribution in [0.25, 0.3) is 0 Å². The van der Waals surface area contributed by atoms with Crippen LogP contribution in [0.4, 0.5) is 0 Å². The second kappa shape index (κ2) is 63.6. The van der Waals surface area contributed by atoms with Crippen LogP contribution in [-0.4, -0.2) is 37.2 Å². The molecule has 0 amide bonds. The first kappa shape index (κ1) is 72.1. The third kappa shape index (κ3) is 60.9. The zero-order valence-corrected chi connectivity index (χ0v) is 49.7. The summed E-state index contributed by atoms with van der Waals surface area (Å²) in [6.07, 6.45) is 87.1. The van der Waals surface area contributed by atoms with Gasteiger partial charge in [-0.1, -0.05) is 278 Å². The van der Waals surface area contributed by atoms with Gasteiger partial charge in [-0.3, -0.25) is 14.4 Å². The molecular formula is C70H118O6. The molecule has 0 fully saturated rings. The summed E-state index contributed by atoms with van der Waals surface area (Å²) in [6.45, 7) is 6.41. The van der Waals surface area contributed by atoms with E-state index in [9.17, 15) is 14.4 Å². The first-order valence-electron chi connectivity index (χ1n) is 31.9. The van der Waals surface area contributed by atoms with E-state index in [1.807, 2.05) is 6.08 Å². The molecule has 0 rings (SSSR count). The summed E-state index contributed by atoms with van der Waals surface area (Å²) in [5, 5.41) is 0. The minimum absolute atomic E-state index is 0.0939. The zero-order valence-electron chi connectivity index (χ0n) is 49.7. The highest BCUT2D eigenvalue weighted by atomic mass is 16.6. The Bertz CT molecular complexity index is 1540. The number of allylic oxidation sites excluding steroid dienone is 17. The molecule has 1 unspecified atom stereocenters. The van der Waals surface area contributed by atoms with Gasteiger partial charge in [-0.05, 0) is 109 Å². The Labute approximate surface area is 470 Å². The van der Waals surface area contributed by atoms with Crippen molar-refractivity contribution in [3.05, 3.63) is 109 Å². The summed E-state index contributed by atoms with van der Waals surface area (Å²) >= 11 is 0. The molecule has 0 aliphatic carbocycles. The Morgan fingerprint density at radius 1 is 0.289 bits per heavy atom. The van der Waals surface area contributed by atoms with Crippen LogP contribution in [-0.2, 0) is 28.6 Å². The maximum absolute atomic E-state index is 12.8. The number of unbranched alkanes of at least 4 members (excludes halogenated alkanes) is 29. The Kier molecular flexibility index (Phi) is 60.3. The standard InChI is InChI=1S/C70H118O6/c1-4-7-10-13-16-19-22-25-27-28-29-30-31-32-33-34-35-36-37-38-39-40-41-42-44-45-48-51-54-57-60-63-69(72)75-66-67(65-74-68(71)62-59-56-53-50-47-24-21-18-15-12-9-6-3)76-70(73)64-61-58-55-52-49-46-43-26-23-20-17-14-11-8-5-2/h8,11,17-18,20-22,25-26,28-29,31-32,43,49,52,58,61,67H,4-7,9-10,12-16,19,23-24,27,30,33-42,44-48,50-51,53-57,59-60,62-66H2,1-3H3/b11-8-,20-17-,21-18-,25-22-,29-28-,32-31-,43-26-,52-49-,61-58-. The van der Waals surface area contributed by atoms with Crippen LogP contribution in [0, 0.1) is 0 Å². The van der Waals surface area contributed by atoms with Gasteiger partial charge >= 0.3 is 17.9 Å². The lowest BCUT2D eigenvalue weighted by molar-refractivity contribution is -0.166. The Morgan fingerprint density at radius 3 is 0.908 bits per heavy atom. The average molecular weight is 1060 g/mol. The van der Waals surface area contributed by atoms with Gasteiger partial charge in [0.1, 0.15) is 13.2 Å². The predicted molar refractivity (Wildman–Crippen MR) is 330 cm³/mol. The molecule has 0 aliphatic heterocycles. The summed E-state index contributed by atoms with van der Waals surface area (Å²) < 4.78 is 16.8. The van der Waals surface area contributed by atoms with Gasteiger partial charge in [0, 0.05) is 12.8 Å². The fourth-order valence-electron chi connectivity index (χ4n) is 8.76. The van der Waals surface area contributed by atoms with E-state index in [2.05, 4.69) is 118 Å². The van der Waals surface area contributed by atoms with Crippen LogP contribution in [0.3, 0.4) is 0 Å². The van der Waals surface area contributed by atoms with Gasteiger partial charge in [-0.25, -0.2) is 0 Å². The van der Waals surface area contributed by atoms with E-state index < -0.39 is 12.1 Å². The van der Waals surface area contributed by atoms with Crippen molar-refractivity contribution in [2.45, 2.75) is 303 Å². The van der Waals surface area contributed by atoms with E-state index in [1.54, 1.807) is 6.08 Å². The minimum atomic E-state index is -0.836. The molecule has 0 radical (unpaired) electrons. The maximum Gasteiger partial charge on any atom is 0.310 e. The van der Waals surface area contributed by atoms with Gasteiger partial charge in [-0.15, -0.1) is 0 Å². The summed E-state index contributed by atoms with van der Waals surface area (Å²) in [7, 11) is 0. The molecule has 434 valence electrons. The lowest BCUT2D eigenvalue weighted by atomic mass is 10.0. The molecule has 6 heteroatoms. The highest BCUT2D eigenvalue weighted by Gasteiger charge is 2.19. The number of hydrogen-bond donors (Lipinski definition) is 0. The maximum atomic E-state index is 12.8. The van der Waals surface area contributed by atoms with Gasteiger partial charge in [-0.2, -0.15) is 0 Å². The second-order valence-corrected chi connectivity index (χ2v) is 20.9. The van der Waals surface area contributed by atoms with Crippen molar-refractivity contribution >= 4 is 17.9 Å². The normalized spacial score (nSPS) is 12.8. The molecule has 1 atom stereocenters. The Balaban J connectivity index is 4.24. The molecule has 0 saturated heterocycles. The lowest BCUT2D eigenvalue weighted by Crippen LogP contribution is -2.30. The summed E-state index contributed by atoms with van der Waals surface area (Å²) in [5.74, 6) is -1.05. The van der Waals surface area contributed by atoms with E-state index in [4.69, 9.17) is 14.2 Å². The van der Waals surface area contributed by atoms with E-state index in [0.29, 0.717) is 12.8 Å². The van der Waals surface area contributed by atoms with Gasteiger partial charge < -0.3 is 14.2 Å². The van der Waals surface area contributed by atoms with Crippen molar-refractivity contribution < 1.29 is 28.6 Å². The van der Waals surface area contributed by atoms with Crippen molar-refractivity contribution in [2.24, 2.45) is 0 Å². The predicted octanol–water partition coefficient (Wildman–Crippen LogP) is 21.8. The molecule has 0 aliphatic rings. The fourth-order valence-corrected chi connectivity index (χ4v) is 8.76. The fraction of sp³-hybridized carbons (Fsp3) is 0.700. The molecule has 0 aromatic heterocycles. The van der Waals surface area contributed by atoms with Crippen LogP contribution in [0.5, 0.6) is 0 Å². The van der Waals surface area contributed by atoms with Crippen molar-refractivity contribution in [2.75, 3.05) is 13.2 Å². The lowest BCUT2D eigenvalue weighted by Gasteiger charge is -2.18. The molecule has 0 aromatic rings. The smallest absolute Gasteiger partial charge is 0.310 e. The number of carbonyl (C=O) groups excluding carboxylic acids is 3. The van der Waals surface area contributed by atoms with Crippen LogP contribution < -0.4 is 0 Å². The quantitative estimate of drug-likeness (QED) is 0.0261. The third-order valence-electron chi connectivity index (χ3n) is 13.5. The summed E-state index contributed by atoms with van der Waals surface area (Å²) in [4.78, 5) is 38.1. The number of ether oxygens (including phenoxy) is 3. The van der Waals surface area contributed by atoms with Crippen molar-refractivity contribution in [1.29, 1.82) is 0 Å². The van der Waals surface area contributed by atoms with Crippen LogP contribution in [0.2, 0.25) is 0 Å². The second-order valence-electron chi connectivity index (χ2n) is 20.9. The van der Waals surface area contributed by atoms with Gasteiger partial charge in [0.15, 0.2) is 6.10 Å². The molecule has 6 nitrogen and oxygen atoms in total. The highest BCUT2D eigenvalue weighted by Crippen LogP contribution is 2.16. The van der Waals surface area contributed by atoms with Crippen molar-refractivity contribution in [1.82, 2.24) is 0 Å².